The third kappa shape index (κ3) is 5.72. The number of benzene rings is 2. The first-order valence-electron chi connectivity index (χ1n) is 11.2. The predicted molar refractivity (Wildman–Crippen MR) is 119 cm³/mol. The number of fused-ring (bicyclic) bond motifs is 1. The molecule has 0 saturated carbocycles. The van der Waals surface area contributed by atoms with Crippen molar-refractivity contribution in [1.29, 1.82) is 0 Å². The zero-order valence-corrected chi connectivity index (χ0v) is 18.5. The topological polar surface area (TPSA) is 77.5 Å². The van der Waals surface area contributed by atoms with E-state index < -0.39 is 6.10 Å². The van der Waals surface area contributed by atoms with Crippen LogP contribution in [0.15, 0.2) is 42.5 Å². The molecule has 1 saturated heterocycles. The minimum Gasteiger partial charge on any atom is -0.497 e. The summed E-state index contributed by atoms with van der Waals surface area (Å²) >= 11 is 0. The first kappa shape index (κ1) is 22.4. The maximum atomic E-state index is 12.8. The highest BCUT2D eigenvalue weighted by Crippen LogP contribution is 2.36. The van der Waals surface area contributed by atoms with Crippen molar-refractivity contribution in [2.45, 2.75) is 31.8 Å². The van der Waals surface area contributed by atoms with Crippen molar-refractivity contribution in [1.82, 2.24) is 4.90 Å². The maximum Gasteiger partial charge on any atom is 0.231 e. The molecular formula is C25H31NO6. The number of carbonyl (C=O) groups is 1. The molecule has 0 radical (unpaired) electrons. The second-order valence-corrected chi connectivity index (χ2v) is 8.34. The number of ketones is 1. The summed E-state index contributed by atoms with van der Waals surface area (Å²) in [6, 6.07) is 12.8. The molecular weight excluding hydrogens is 410 g/mol. The number of methoxy groups -OCH3 is 1. The number of rotatable bonds is 11. The highest BCUT2D eigenvalue weighted by Gasteiger charge is 2.28. The Kier molecular flexibility index (Phi) is 7.50. The summed E-state index contributed by atoms with van der Waals surface area (Å²) < 4.78 is 21.7. The summed E-state index contributed by atoms with van der Waals surface area (Å²) in [6.07, 6.45) is 2.18. The molecule has 32 heavy (non-hydrogen) atoms. The second kappa shape index (κ2) is 10.7. The molecule has 0 bridgehead atoms. The van der Waals surface area contributed by atoms with E-state index in [0.717, 1.165) is 37.2 Å². The molecule has 0 spiro atoms. The van der Waals surface area contributed by atoms with Crippen LogP contribution >= 0.6 is 0 Å². The lowest BCUT2D eigenvalue weighted by Crippen LogP contribution is -2.32. The van der Waals surface area contributed by atoms with E-state index in [0.29, 0.717) is 43.2 Å². The molecule has 0 unspecified atom stereocenters. The van der Waals surface area contributed by atoms with Crippen molar-refractivity contribution < 1.29 is 28.8 Å². The largest absolute Gasteiger partial charge is 0.497 e. The number of hydrogen-bond acceptors (Lipinski definition) is 7. The van der Waals surface area contributed by atoms with Gasteiger partial charge in [0.05, 0.1) is 19.8 Å². The van der Waals surface area contributed by atoms with Gasteiger partial charge in [-0.2, -0.15) is 0 Å². The first-order chi connectivity index (χ1) is 15.6. The predicted octanol–water partition coefficient (Wildman–Crippen LogP) is 3.60. The molecule has 2 aliphatic heterocycles. The van der Waals surface area contributed by atoms with Gasteiger partial charge in [0, 0.05) is 25.3 Å². The van der Waals surface area contributed by atoms with Gasteiger partial charge >= 0.3 is 0 Å². The lowest BCUT2D eigenvalue weighted by molar-refractivity contribution is -0.121. The Bertz CT molecular complexity index is 894. The van der Waals surface area contributed by atoms with Crippen LogP contribution in [0.5, 0.6) is 23.0 Å². The fourth-order valence-electron chi connectivity index (χ4n) is 4.29. The van der Waals surface area contributed by atoms with Gasteiger partial charge in [0.1, 0.15) is 17.3 Å². The third-order valence-corrected chi connectivity index (χ3v) is 6.07. The second-order valence-electron chi connectivity index (χ2n) is 8.34. The molecule has 2 aliphatic rings. The number of Topliss-reactive ketones (excluding diaryl/α,β-unsaturated/α-hetero) is 1. The molecule has 0 aromatic heterocycles. The van der Waals surface area contributed by atoms with Gasteiger partial charge < -0.3 is 29.0 Å². The van der Waals surface area contributed by atoms with Crippen LogP contribution < -0.4 is 18.9 Å². The van der Waals surface area contributed by atoms with Crippen molar-refractivity contribution in [3.05, 3.63) is 48.0 Å². The molecule has 7 heteroatoms. The van der Waals surface area contributed by atoms with Crippen LogP contribution in [0.2, 0.25) is 0 Å². The number of aliphatic hydroxyl groups excluding tert-OH is 1. The van der Waals surface area contributed by atoms with E-state index in [2.05, 4.69) is 4.90 Å². The normalized spacial score (nSPS) is 17.2. The molecule has 172 valence electrons. The number of aliphatic hydroxyl groups is 1. The monoisotopic (exact) mass is 441 g/mol. The molecule has 0 aliphatic carbocycles. The van der Waals surface area contributed by atoms with Crippen molar-refractivity contribution in [3.8, 4) is 23.0 Å². The third-order valence-electron chi connectivity index (χ3n) is 6.07. The Balaban J connectivity index is 1.35. The fraction of sp³-hybridized carbons (Fsp3) is 0.480. The van der Waals surface area contributed by atoms with Gasteiger partial charge in [-0.05, 0) is 67.9 Å². The van der Waals surface area contributed by atoms with Gasteiger partial charge in [0.15, 0.2) is 11.5 Å². The van der Waals surface area contributed by atoms with Crippen molar-refractivity contribution in [2.75, 3.05) is 40.1 Å². The van der Waals surface area contributed by atoms with E-state index in [-0.39, 0.29) is 18.5 Å². The van der Waals surface area contributed by atoms with Crippen LogP contribution in [-0.2, 0) is 4.79 Å². The number of nitrogens with zero attached hydrogens (tertiary/aromatic N) is 1. The highest BCUT2D eigenvalue weighted by atomic mass is 16.7. The smallest absolute Gasteiger partial charge is 0.231 e. The zero-order valence-electron chi connectivity index (χ0n) is 18.5. The lowest BCUT2D eigenvalue weighted by atomic mass is 9.90. The van der Waals surface area contributed by atoms with E-state index in [4.69, 9.17) is 18.9 Å². The van der Waals surface area contributed by atoms with E-state index in [1.807, 2.05) is 42.5 Å². The van der Waals surface area contributed by atoms with Crippen molar-refractivity contribution in [3.63, 3.8) is 0 Å². The van der Waals surface area contributed by atoms with Crippen molar-refractivity contribution >= 4 is 5.78 Å². The Morgan fingerprint density at radius 3 is 2.53 bits per heavy atom. The maximum absolute atomic E-state index is 12.8. The molecule has 2 aromatic carbocycles. The summed E-state index contributed by atoms with van der Waals surface area (Å²) in [5, 5.41) is 11.2. The van der Waals surface area contributed by atoms with Crippen LogP contribution in [-0.4, -0.2) is 55.9 Å². The quantitative estimate of drug-likeness (QED) is 0.571. The van der Waals surface area contributed by atoms with Crippen LogP contribution in [0.4, 0.5) is 0 Å². The minimum absolute atomic E-state index is 0.0856. The molecule has 1 N–H and O–H groups in total. The Labute approximate surface area is 188 Å². The van der Waals surface area contributed by atoms with Crippen LogP contribution in [0.25, 0.3) is 0 Å². The summed E-state index contributed by atoms with van der Waals surface area (Å²) in [4.78, 5) is 15.1. The Morgan fingerprint density at radius 2 is 1.78 bits per heavy atom. The summed E-state index contributed by atoms with van der Waals surface area (Å²) in [5.74, 6) is 2.68. The van der Waals surface area contributed by atoms with E-state index in [9.17, 15) is 9.90 Å². The number of ether oxygens (including phenoxy) is 4. The van der Waals surface area contributed by atoms with Gasteiger partial charge in [0.25, 0.3) is 0 Å². The number of carbonyl (C=O) groups excluding carboxylic acids is 1. The molecule has 2 heterocycles. The summed E-state index contributed by atoms with van der Waals surface area (Å²) in [6.45, 7) is 3.22. The first-order valence-corrected chi connectivity index (χ1v) is 11.2. The number of hydrogen-bond donors (Lipinski definition) is 1. The molecule has 2 aromatic rings. The summed E-state index contributed by atoms with van der Waals surface area (Å²) in [5.41, 5.74) is 0.751. The lowest BCUT2D eigenvalue weighted by Gasteiger charge is -2.27. The molecule has 0 amide bonds. The van der Waals surface area contributed by atoms with E-state index in [1.165, 1.54) is 0 Å². The molecule has 2 atom stereocenters. The van der Waals surface area contributed by atoms with Crippen LogP contribution in [0.1, 0.15) is 37.4 Å². The van der Waals surface area contributed by atoms with Crippen LogP contribution in [0, 0.1) is 5.92 Å². The van der Waals surface area contributed by atoms with Gasteiger partial charge in [-0.1, -0.05) is 6.07 Å². The van der Waals surface area contributed by atoms with Gasteiger partial charge in [-0.3, -0.25) is 4.79 Å². The Hall–Kier alpha value is -2.77. The number of likely N-dealkylation sites (tertiary alicyclic amines) is 1. The highest BCUT2D eigenvalue weighted by molar-refractivity contribution is 5.78. The minimum atomic E-state index is -0.753. The standard InChI is InChI=1S/C25H31NO6/c1-29-21-5-7-22(8-6-21)30-13-10-20(27)14-19(16-26-11-2-3-12-26)25(28)18-4-9-23-24(15-18)32-17-31-23/h4-9,15,19,25,28H,2-3,10-14,16-17H2,1H3/t19-,25-/m1/s1. The van der Waals surface area contributed by atoms with Gasteiger partial charge in [-0.25, -0.2) is 0 Å². The van der Waals surface area contributed by atoms with E-state index >= 15 is 0 Å². The Morgan fingerprint density at radius 1 is 1.06 bits per heavy atom. The molecule has 7 nitrogen and oxygen atoms in total. The zero-order chi connectivity index (χ0) is 22.3. The van der Waals surface area contributed by atoms with Crippen molar-refractivity contribution in [2.24, 2.45) is 5.92 Å². The fourth-order valence-corrected chi connectivity index (χ4v) is 4.29. The molecule has 1 fully saturated rings. The summed E-state index contributed by atoms with van der Waals surface area (Å²) in [7, 11) is 1.62. The average molecular weight is 442 g/mol. The van der Waals surface area contributed by atoms with Gasteiger partial charge in [0.2, 0.25) is 6.79 Å². The molecule has 4 rings (SSSR count). The average Bonchev–Trinajstić information content (AvgIpc) is 3.50. The van der Waals surface area contributed by atoms with E-state index in [1.54, 1.807) is 7.11 Å². The van der Waals surface area contributed by atoms with Crippen LogP contribution in [0.3, 0.4) is 0 Å². The SMILES string of the molecule is COc1ccc(OCCC(=O)C[C@H](CN2CCCC2)[C@H](O)c2ccc3c(c2)OCO3)cc1. The van der Waals surface area contributed by atoms with Gasteiger partial charge in [-0.15, -0.1) is 0 Å².